The van der Waals surface area contributed by atoms with Crippen LogP contribution in [0.25, 0.3) is 0 Å². The summed E-state index contributed by atoms with van der Waals surface area (Å²) in [6.45, 7) is 2.20. The first-order valence-corrected chi connectivity index (χ1v) is 9.10. The topological polar surface area (TPSA) is 73.2 Å². The first-order chi connectivity index (χ1) is 12.5. The molecule has 1 amide bonds. The van der Waals surface area contributed by atoms with E-state index >= 15 is 0 Å². The number of anilines is 1. The maximum Gasteiger partial charge on any atom is 0.339 e. The molecule has 1 aromatic carbocycles. The van der Waals surface area contributed by atoms with Crippen LogP contribution in [0, 0.1) is 0 Å². The fraction of sp³-hybridized carbons (Fsp3) is 0.211. The highest BCUT2D eigenvalue weighted by atomic mass is 32.1. The molecule has 0 radical (unpaired) electrons. The maximum atomic E-state index is 12.9. The number of nitrogens with one attached hydrogen (secondary N) is 1. The van der Waals surface area contributed by atoms with E-state index in [1.165, 1.54) is 0 Å². The molecule has 1 N–H and O–H groups in total. The van der Waals surface area contributed by atoms with Crippen LogP contribution >= 0.6 is 11.3 Å². The number of thiophene rings is 1. The lowest BCUT2D eigenvalue weighted by Gasteiger charge is -2.33. The van der Waals surface area contributed by atoms with Gasteiger partial charge in [-0.15, -0.1) is 11.3 Å². The molecule has 2 aromatic heterocycles. The summed E-state index contributed by atoms with van der Waals surface area (Å²) < 4.78 is 7.19. The molecule has 7 heteroatoms. The summed E-state index contributed by atoms with van der Waals surface area (Å²) in [6.07, 6.45) is 1.97. The molecule has 1 aliphatic heterocycles. The second-order valence-corrected chi connectivity index (χ2v) is 7.39. The Labute approximate surface area is 154 Å². The van der Waals surface area contributed by atoms with Gasteiger partial charge in [-0.25, -0.2) is 9.48 Å². The third kappa shape index (κ3) is 3.01. The van der Waals surface area contributed by atoms with Crippen molar-refractivity contribution in [1.82, 2.24) is 9.78 Å². The first-order valence-electron chi connectivity index (χ1n) is 8.22. The molecule has 0 saturated carbocycles. The number of carbonyl (C=O) groups excluding carboxylic acids is 2. The van der Waals surface area contributed by atoms with E-state index in [0.717, 1.165) is 10.4 Å². The van der Waals surface area contributed by atoms with Crippen molar-refractivity contribution in [2.24, 2.45) is 0 Å². The summed E-state index contributed by atoms with van der Waals surface area (Å²) in [5, 5.41) is 9.11. The number of cyclic esters (lactones) is 1. The summed E-state index contributed by atoms with van der Waals surface area (Å²) in [4.78, 5) is 26.3. The minimum Gasteiger partial charge on any atom is -0.445 e. The van der Waals surface area contributed by atoms with Gasteiger partial charge in [0.2, 0.25) is 0 Å². The minimum atomic E-state index is -1.26. The van der Waals surface area contributed by atoms with E-state index in [0.29, 0.717) is 24.3 Å². The predicted octanol–water partition coefficient (Wildman–Crippen LogP) is 3.10. The van der Waals surface area contributed by atoms with Gasteiger partial charge in [-0.2, -0.15) is 5.10 Å². The lowest BCUT2D eigenvalue weighted by Crippen LogP contribution is -2.49. The molecule has 6 nitrogen and oxygen atoms in total. The number of esters is 1. The van der Waals surface area contributed by atoms with Crippen molar-refractivity contribution < 1.29 is 14.3 Å². The Morgan fingerprint density at radius 3 is 2.96 bits per heavy atom. The van der Waals surface area contributed by atoms with Crippen LogP contribution in [0.3, 0.4) is 0 Å². The first kappa shape index (κ1) is 16.5. The maximum absolute atomic E-state index is 12.9. The van der Waals surface area contributed by atoms with Gasteiger partial charge < -0.3 is 10.1 Å². The van der Waals surface area contributed by atoms with Gasteiger partial charge >= 0.3 is 5.97 Å². The number of hydrogen-bond donors (Lipinski definition) is 1. The van der Waals surface area contributed by atoms with E-state index in [-0.39, 0.29) is 5.91 Å². The largest absolute Gasteiger partial charge is 0.445 e. The highest BCUT2D eigenvalue weighted by Gasteiger charge is 2.42. The van der Waals surface area contributed by atoms with E-state index in [9.17, 15) is 9.59 Å². The van der Waals surface area contributed by atoms with E-state index in [2.05, 4.69) is 10.4 Å². The summed E-state index contributed by atoms with van der Waals surface area (Å²) in [6, 6.07) is 12.9. The number of amides is 1. The monoisotopic (exact) mass is 367 g/mol. The normalized spacial score (nSPS) is 18.9. The zero-order chi connectivity index (χ0) is 18.1. The Morgan fingerprint density at radius 1 is 1.31 bits per heavy atom. The van der Waals surface area contributed by atoms with Gasteiger partial charge in [0.25, 0.3) is 5.91 Å². The second kappa shape index (κ2) is 6.42. The molecular weight excluding hydrogens is 350 g/mol. The Hall–Kier alpha value is -2.93. The average molecular weight is 367 g/mol. The van der Waals surface area contributed by atoms with E-state index < -0.39 is 11.6 Å². The molecule has 1 atom stereocenters. The molecule has 132 valence electrons. The van der Waals surface area contributed by atoms with Crippen molar-refractivity contribution in [2.45, 2.75) is 25.5 Å². The Morgan fingerprint density at radius 2 is 2.15 bits per heavy atom. The van der Waals surface area contributed by atoms with Crippen LogP contribution in [-0.4, -0.2) is 27.3 Å². The van der Waals surface area contributed by atoms with E-state index in [1.807, 2.05) is 29.6 Å². The fourth-order valence-electron chi connectivity index (χ4n) is 3.02. The van der Waals surface area contributed by atoms with Crippen LogP contribution in [-0.2, 0) is 22.5 Å². The average Bonchev–Trinajstić information content (AvgIpc) is 3.28. The number of fused-ring (bicyclic) bond motifs is 1. The second-order valence-electron chi connectivity index (χ2n) is 6.36. The summed E-state index contributed by atoms with van der Waals surface area (Å²) in [5.41, 5.74) is 0.0673. The van der Waals surface area contributed by atoms with Crippen molar-refractivity contribution in [3.63, 3.8) is 0 Å². The number of rotatable bonds is 4. The molecule has 0 unspecified atom stereocenters. The summed E-state index contributed by atoms with van der Waals surface area (Å²) in [7, 11) is 0. The van der Waals surface area contributed by atoms with Crippen LogP contribution in [0.5, 0.6) is 0 Å². The fourth-order valence-corrected chi connectivity index (χ4v) is 3.71. The molecule has 3 aromatic rings. The Kier molecular flexibility index (Phi) is 4.08. The van der Waals surface area contributed by atoms with Crippen molar-refractivity contribution in [3.05, 3.63) is 70.0 Å². The van der Waals surface area contributed by atoms with Gasteiger partial charge in [0.15, 0.2) is 5.60 Å². The molecule has 1 aliphatic rings. The lowest BCUT2D eigenvalue weighted by molar-refractivity contribution is -0.134. The third-order valence-corrected chi connectivity index (χ3v) is 5.27. The van der Waals surface area contributed by atoms with Crippen LogP contribution < -0.4 is 5.32 Å². The van der Waals surface area contributed by atoms with Crippen molar-refractivity contribution in [1.29, 1.82) is 0 Å². The zero-order valence-corrected chi connectivity index (χ0v) is 15.0. The van der Waals surface area contributed by atoms with Gasteiger partial charge in [-0.1, -0.05) is 24.3 Å². The molecule has 0 fully saturated rings. The standard InChI is InChI=1S/C19H17N3O3S/c1-19(11-13-5-2-3-7-15(13)17(23)25-19)18(24)21-16-8-9-20-22(16)12-14-6-4-10-26-14/h2-10H,11-12H2,1H3,(H,21,24)/t19-/m1/s1. The SMILES string of the molecule is C[C@]1(C(=O)Nc2ccnn2Cc2cccs2)Cc2ccccc2C(=O)O1. The molecule has 3 heterocycles. The van der Waals surface area contributed by atoms with Gasteiger partial charge in [-0.05, 0) is 30.0 Å². The molecule has 26 heavy (non-hydrogen) atoms. The molecule has 0 spiro atoms. The smallest absolute Gasteiger partial charge is 0.339 e. The minimum absolute atomic E-state index is 0.333. The van der Waals surface area contributed by atoms with Crippen molar-refractivity contribution in [3.8, 4) is 0 Å². The van der Waals surface area contributed by atoms with Crippen molar-refractivity contribution >= 4 is 29.0 Å². The molecule has 0 bridgehead atoms. The summed E-state index contributed by atoms with van der Waals surface area (Å²) in [5.74, 6) is -0.274. The highest BCUT2D eigenvalue weighted by Crippen LogP contribution is 2.29. The number of benzene rings is 1. The number of hydrogen-bond acceptors (Lipinski definition) is 5. The molecule has 0 saturated heterocycles. The van der Waals surface area contributed by atoms with Gasteiger partial charge in [0.05, 0.1) is 18.3 Å². The van der Waals surface area contributed by atoms with Crippen LogP contribution in [0.4, 0.5) is 5.82 Å². The van der Waals surface area contributed by atoms with E-state index in [1.54, 1.807) is 47.3 Å². The van der Waals surface area contributed by atoms with Crippen LogP contribution in [0.15, 0.2) is 54.0 Å². The van der Waals surface area contributed by atoms with Crippen molar-refractivity contribution in [2.75, 3.05) is 5.32 Å². The number of aromatic nitrogens is 2. The molecular formula is C19H17N3O3S. The zero-order valence-electron chi connectivity index (χ0n) is 14.1. The van der Waals surface area contributed by atoms with Crippen LogP contribution in [0.2, 0.25) is 0 Å². The molecule has 4 rings (SSSR count). The van der Waals surface area contributed by atoms with Gasteiger partial charge in [0.1, 0.15) is 5.82 Å². The predicted molar refractivity (Wildman–Crippen MR) is 98.2 cm³/mol. The highest BCUT2D eigenvalue weighted by molar-refractivity contribution is 7.09. The molecule has 0 aliphatic carbocycles. The number of carbonyl (C=O) groups is 2. The lowest BCUT2D eigenvalue weighted by atomic mass is 9.89. The summed E-state index contributed by atoms with van der Waals surface area (Å²) >= 11 is 1.63. The third-order valence-electron chi connectivity index (χ3n) is 4.41. The van der Waals surface area contributed by atoms with E-state index in [4.69, 9.17) is 4.74 Å². The van der Waals surface area contributed by atoms with Gasteiger partial charge in [-0.3, -0.25) is 4.79 Å². The number of ether oxygens (including phenoxy) is 1. The van der Waals surface area contributed by atoms with Gasteiger partial charge in [0, 0.05) is 17.4 Å². The quantitative estimate of drug-likeness (QED) is 0.719. The van der Waals surface area contributed by atoms with Crippen LogP contribution in [0.1, 0.15) is 27.7 Å². The Bertz CT molecular complexity index is 964. The number of nitrogens with zero attached hydrogens (tertiary/aromatic N) is 2. The Balaban J connectivity index is 1.54.